The highest BCUT2D eigenvalue weighted by molar-refractivity contribution is 6.30. The largest absolute Gasteiger partial charge is 0.506 e. The molecule has 3 rings (SSSR count). The molecule has 0 atom stereocenters. The van der Waals surface area contributed by atoms with Gasteiger partial charge in [0.2, 0.25) is 5.95 Å². The van der Waals surface area contributed by atoms with Crippen LogP contribution in [0.25, 0.3) is 0 Å². The SMILES string of the molecule is O=c1[nH]c(Nc2cc(Cl)ccc2O)nc2c1CCC2. The van der Waals surface area contributed by atoms with Crippen LogP contribution >= 0.6 is 11.6 Å². The highest BCUT2D eigenvalue weighted by Gasteiger charge is 2.17. The first-order valence-electron chi connectivity index (χ1n) is 6.01. The first kappa shape index (κ1) is 12.0. The van der Waals surface area contributed by atoms with Crippen LogP contribution in [0.5, 0.6) is 5.75 Å². The topological polar surface area (TPSA) is 78.0 Å². The number of rotatable bonds is 2. The van der Waals surface area contributed by atoms with Crippen molar-refractivity contribution in [2.45, 2.75) is 19.3 Å². The molecule has 1 aromatic heterocycles. The molecule has 19 heavy (non-hydrogen) atoms. The first-order chi connectivity index (χ1) is 9.13. The van der Waals surface area contributed by atoms with Crippen molar-refractivity contribution in [1.29, 1.82) is 0 Å². The van der Waals surface area contributed by atoms with Gasteiger partial charge >= 0.3 is 0 Å². The second kappa shape index (κ2) is 4.59. The fraction of sp³-hybridized carbons (Fsp3) is 0.231. The van der Waals surface area contributed by atoms with Gasteiger partial charge in [-0.15, -0.1) is 0 Å². The maximum Gasteiger partial charge on any atom is 0.255 e. The van der Waals surface area contributed by atoms with Crippen molar-refractivity contribution >= 4 is 23.2 Å². The summed E-state index contributed by atoms with van der Waals surface area (Å²) >= 11 is 5.86. The van der Waals surface area contributed by atoms with E-state index in [0.29, 0.717) is 16.7 Å². The minimum absolute atomic E-state index is 0.0487. The van der Waals surface area contributed by atoms with Gasteiger partial charge in [0.1, 0.15) is 5.75 Å². The lowest BCUT2D eigenvalue weighted by Crippen LogP contribution is -2.16. The smallest absolute Gasteiger partial charge is 0.255 e. The number of anilines is 2. The average molecular weight is 278 g/mol. The zero-order valence-corrected chi connectivity index (χ0v) is 10.8. The number of fused-ring (bicyclic) bond motifs is 1. The molecule has 1 aromatic carbocycles. The lowest BCUT2D eigenvalue weighted by Gasteiger charge is -2.09. The number of nitrogens with one attached hydrogen (secondary N) is 2. The Bertz CT molecular complexity index is 697. The minimum atomic E-state index is -0.119. The molecule has 0 fully saturated rings. The van der Waals surface area contributed by atoms with E-state index in [-0.39, 0.29) is 11.3 Å². The summed E-state index contributed by atoms with van der Waals surface area (Å²) in [5.74, 6) is 0.371. The van der Waals surface area contributed by atoms with Crippen LogP contribution in [0.3, 0.4) is 0 Å². The van der Waals surface area contributed by atoms with Crippen LogP contribution in [0.2, 0.25) is 5.02 Å². The lowest BCUT2D eigenvalue weighted by molar-refractivity contribution is 0.477. The predicted octanol–water partition coefficient (Wildman–Crippen LogP) is 2.36. The molecule has 2 aromatic rings. The third kappa shape index (κ3) is 2.29. The summed E-state index contributed by atoms with van der Waals surface area (Å²) in [6, 6.07) is 4.64. The van der Waals surface area contributed by atoms with Gasteiger partial charge in [-0.05, 0) is 37.5 Å². The first-order valence-corrected chi connectivity index (χ1v) is 6.39. The van der Waals surface area contributed by atoms with Crippen molar-refractivity contribution in [2.24, 2.45) is 0 Å². The molecule has 5 nitrogen and oxygen atoms in total. The summed E-state index contributed by atoms with van der Waals surface area (Å²) in [7, 11) is 0. The van der Waals surface area contributed by atoms with E-state index in [1.807, 2.05) is 0 Å². The van der Waals surface area contributed by atoms with Crippen LogP contribution in [0.1, 0.15) is 17.7 Å². The number of phenolic OH excluding ortho intramolecular Hbond substituents is 1. The summed E-state index contributed by atoms with van der Waals surface area (Å²) in [5.41, 5.74) is 1.88. The number of benzene rings is 1. The molecule has 0 saturated heterocycles. The molecule has 0 radical (unpaired) electrons. The number of aromatic amines is 1. The number of aromatic hydroxyl groups is 1. The van der Waals surface area contributed by atoms with Crippen LogP contribution in [0.15, 0.2) is 23.0 Å². The number of halogens is 1. The maximum absolute atomic E-state index is 11.8. The van der Waals surface area contributed by atoms with E-state index in [4.69, 9.17) is 11.6 Å². The van der Waals surface area contributed by atoms with Crippen LogP contribution in [-0.2, 0) is 12.8 Å². The zero-order valence-electron chi connectivity index (χ0n) is 10.0. The van der Waals surface area contributed by atoms with Crippen LogP contribution in [0, 0.1) is 0 Å². The molecule has 0 amide bonds. The van der Waals surface area contributed by atoms with Gasteiger partial charge in [-0.1, -0.05) is 11.6 Å². The summed E-state index contributed by atoms with van der Waals surface area (Å²) in [6.07, 6.45) is 2.55. The standard InChI is InChI=1S/C13H12ClN3O2/c14-7-4-5-11(18)10(6-7)16-13-15-9-3-1-2-8(9)12(19)17-13/h4-6,18H,1-3H2,(H2,15,16,17,19). The van der Waals surface area contributed by atoms with Crippen LogP contribution in [-0.4, -0.2) is 15.1 Å². The van der Waals surface area contributed by atoms with Crippen molar-refractivity contribution in [2.75, 3.05) is 5.32 Å². The van der Waals surface area contributed by atoms with Crippen molar-refractivity contribution in [3.63, 3.8) is 0 Å². The molecule has 0 saturated carbocycles. The average Bonchev–Trinajstić information content (AvgIpc) is 2.82. The Morgan fingerprint density at radius 3 is 3.05 bits per heavy atom. The normalized spacial score (nSPS) is 13.3. The van der Waals surface area contributed by atoms with Crippen LogP contribution < -0.4 is 10.9 Å². The van der Waals surface area contributed by atoms with Gasteiger partial charge in [-0.25, -0.2) is 4.98 Å². The van der Waals surface area contributed by atoms with Gasteiger partial charge in [-0.2, -0.15) is 0 Å². The lowest BCUT2D eigenvalue weighted by atomic mass is 10.2. The van der Waals surface area contributed by atoms with E-state index in [1.165, 1.54) is 6.07 Å². The van der Waals surface area contributed by atoms with Gasteiger partial charge in [0.15, 0.2) is 0 Å². The molecule has 3 N–H and O–H groups in total. The molecule has 1 heterocycles. The molecule has 98 valence electrons. The fourth-order valence-corrected chi connectivity index (χ4v) is 2.41. The summed E-state index contributed by atoms with van der Waals surface area (Å²) in [5, 5.41) is 13.1. The number of H-pyrrole nitrogens is 1. The van der Waals surface area contributed by atoms with E-state index in [1.54, 1.807) is 12.1 Å². The van der Waals surface area contributed by atoms with Gasteiger partial charge in [-0.3, -0.25) is 9.78 Å². The third-order valence-corrected chi connectivity index (χ3v) is 3.39. The highest BCUT2D eigenvalue weighted by atomic mass is 35.5. The molecular formula is C13H12ClN3O2. The monoisotopic (exact) mass is 277 g/mol. The second-order valence-electron chi connectivity index (χ2n) is 4.48. The molecule has 6 heteroatoms. The van der Waals surface area contributed by atoms with E-state index >= 15 is 0 Å². The highest BCUT2D eigenvalue weighted by Crippen LogP contribution is 2.28. The van der Waals surface area contributed by atoms with Gasteiger partial charge in [0, 0.05) is 10.6 Å². The number of nitrogens with zero attached hydrogens (tertiary/aromatic N) is 1. The van der Waals surface area contributed by atoms with E-state index in [0.717, 1.165) is 30.5 Å². The van der Waals surface area contributed by atoms with E-state index in [9.17, 15) is 9.90 Å². The van der Waals surface area contributed by atoms with E-state index < -0.39 is 0 Å². The molecule has 0 aliphatic heterocycles. The van der Waals surface area contributed by atoms with E-state index in [2.05, 4.69) is 15.3 Å². The summed E-state index contributed by atoms with van der Waals surface area (Å²) in [4.78, 5) is 18.9. The second-order valence-corrected chi connectivity index (χ2v) is 4.92. The number of hydrogen-bond acceptors (Lipinski definition) is 4. The number of aromatic nitrogens is 2. The summed E-state index contributed by atoms with van der Waals surface area (Å²) in [6.45, 7) is 0. The maximum atomic E-state index is 11.8. The Morgan fingerprint density at radius 1 is 1.37 bits per heavy atom. The zero-order chi connectivity index (χ0) is 13.4. The summed E-state index contributed by atoms with van der Waals surface area (Å²) < 4.78 is 0. The fourth-order valence-electron chi connectivity index (χ4n) is 2.24. The Kier molecular flexibility index (Phi) is 2.91. The number of aryl methyl sites for hydroxylation is 1. The Labute approximate surface area is 114 Å². The quantitative estimate of drug-likeness (QED) is 0.737. The minimum Gasteiger partial charge on any atom is -0.506 e. The molecule has 0 spiro atoms. The Morgan fingerprint density at radius 2 is 2.21 bits per heavy atom. The van der Waals surface area contributed by atoms with Gasteiger partial charge in [0.25, 0.3) is 5.56 Å². The Balaban J connectivity index is 1.98. The van der Waals surface area contributed by atoms with Gasteiger partial charge in [0.05, 0.1) is 11.4 Å². The molecule has 1 aliphatic carbocycles. The van der Waals surface area contributed by atoms with Crippen molar-refractivity contribution in [3.05, 3.63) is 44.8 Å². The predicted molar refractivity (Wildman–Crippen MR) is 73.3 cm³/mol. The number of hydrogen-bond donors (Lipinski definition) is 3. The van der Waals surface area contributed by atoms with Crippen molar-refractivity contribution in [1.82, 2.24) is 9.97 Å². The van der Waals surface area contributed by atoms with Crippen LogP contribution in [0.4, 0.5) is 11.6 Å². The molecule has 0 unspecified atom stereocenters. The molecule has 1 aliphatic rings. The van der Waals surface area contributed by atoms with Crippen molar-refractivity contribution in [3.8, 4) is 5.75 Å². The number of phenols is 1. The molecule has 0 bridgehead atoms. The Hall–Kier alpha value is -2.01. The van der Waals surface area contributed by atoms with Gasteiger partial charge < -0.3 is 10.4 Å². The third-order valence-electron chi connectivity index (χ3n) is 3.15. The molecular weight excluding hydrogens is 266 g/mol. The van der Waals surface area contributed by atoms with Crippen molar-refractivity contribution < 1.29 is 5.11 Å².